The minimum atomic E-state index is -0.309. The van der Waals surface area contributed by atoms with E-state index in [-0.39, 0.29) is 17.6 Å². The van der Waals surface area contributed by atoms with Crippen molar-refractivity contribution in [3.8, 4) is 5.75 Å². The lowest BCUT2D eigenvalue weighted by molar-refractivity contribution is -0.138. The van der Waals surface area contributed by atoms with Crippen LogP contribution in [0.5, 0.6) is 5.75 Å². The van der Waals surface area contributed by atoms with Gasteiger partial charge in [-0.05, 0) is 24.6 Å². The lowest BCUT2D eigenvalue weighted by atomic mass is 10.0. The molecule has 2 aromatic carbocycles. The third-order valence-corrected chi connectivity index (χ3v) is 4.38. The first kappa shape index (κ1) is 17.1. The van der Waals surface area contributed by atoms with Crippen molar-refractivity contribution in [2.45, 2.75) is 33.1 Å². The summed E-state index contributed by atoms with van der Waals surface area (Å²) in [5.74, 6) is -0.227. The number of esters is 1. The van der Waals surface area contributed by atoms with Crippen LogP contribution in [-0.4, -0.2) is 17.2 Å². The second kappa shape index (κ2) is 7.43. The average molecular weight is 335 g/mol. The van der Waals surface area contributed by atoms with Gasteiger partial charge in [-0.15, -0.1) is 0 Å². The number of pyridine rings is 1. The molecule has 0 aliphatic rings. The summed E-state index contributed by atoms with van der Waals surface area (Å²) in [4.78, 5) is 28.3. The van der Waals surface area contributed by atoms with E-state index in [1.807, 2.05) is 37.3 Å². The Morgan fingerprint density at radius 1 is 1.16 bits per heavy atom. The van der Waals surface area contributed by atoms with Gasteiger partial charge in [0, 0.05) is 16.8 Å². The van der Waals surface area contributed by atoms with Crippen molar-refractivity contribution in [3.63, 3.8) is 0 Å². The third-order valence-electron chi connectivity index (χ3n) is 4.38. The van der Waals surface area contributed by atoms with Crippen molar-refractivity contribution in [2.24, 2.45) is 5.92 Å². The van der Waals surface area contributed by atoms with E-state index >= 15 is 0 Å². The van der Waals surface area contributed by atoms with Crippen LogP contribution in [0, 0.1) is 5.92 Å². The van der Waals surface area contributed by atoms with Gasteiger partial charge < -0.3 is 4.74 Å². The van der Waals surface area contributed by atoms with Crippen LogP contribution in [0.3, 0.4) is 0 Å². The standard InChI is InChI=1S/C21H21NO3/c1-3-4-7-14(2)21(24)25-20-12-19-16(11-17(20)13-23)10-15-8-5-6-9-18(15)22-19/h5-6,8-14H,3-4,7H2,1-2H3. The number of benzene rings is 2. The van der Waals surface area contributed by atoms with E-state index in [0.717, 1.165) is 35.6 Å². The molecule has 1 atom stereocenters. The molecule has 4 heteroatoms. The minimum absolute atomic E-state index is 0.195. The van der Waals surface area contributed by atoms with Gasteiger partial charge in [0.25, 0.3) is 0 Å². The molecule has 25 heavy (non-hydrogen) atoms. The Kier molecular flexibility index (Phi) is 5.08. The predicted octanol–water partition coefficient (Wildman–Crippen LogP) is 4.93. The van der Waals surface area contributed by atoms with Crippen LogP contribution in [0.4, 0.5) is 0 Å². The Balaban J connectivity index is 1.97. The minimum Gasteiger partial charge on any atom is -0.425 e. The van der Waals surface area contributed by atoms with E-state index in [2.05, 4.69) is 11.9 Å². The van der Waals surface area contributed by atoms with Crippen molar-refractivity contribution in [1.29, 1.82) is 0 Å². The lowest BCUT2D eigenvalue weighted by Gasteiger charge is -2.13. The Morgan fingerprint density at radius 3 is 2.72 bits per heavy atom. The molecule has 1 aromatic heterocycles. The van der Waals surface area contributed by atoms with E-state index in [4.69, 9.17) is 4.74 Å². The van der Waals surface area contributed by atoms with Gasteiger partial charge in [-0.25, -0.2) is 4.98 Å². The first-order valence-corrected chi connectivity index (χ1v) is 8.62. The summed E-state index contributed by atoms with van der Waals surface area (Å²) in [6.07, 6.45) is 3.50. The Labute approximate surface area is 146 Å². The van der Waals surface area contributed by atoms with Gasteiger partial charge >= 0.3 is 5.97 Å². The lowest BCUT2D eigenvalue weighted by Crippen LogP contribution is -2.18. The van der Waals surface area contributed by atoms with E-state index in [0.29, 0.717) is 17.4 Å². The van der Waals surface area contributed by atoms with Crippen molar-refractivity contribution in [1.82, 2.24) is 4.98 Å². The topological polar surface area (TPSA) is 56.3 Å². The Morgan fingerprint density at radius 2 is 1.96 bits per heavy atom. The highest BCUT2D eigenvalue weighted by Crippen LogP contribution is 2.27. The average Bonchev–Trinajstić information content (AvgIpc) is 2.63. The maximum Gasteiger partial charge on any atom is 0.314 e. The second-order valence-electron chi connectivity index (χ2n) is 6.35. The fourth-order valence-corrected chi connectivity index (χ4v) is 2.84. The van der Waals surface area contributed by atoms with Crippen LogP contribution in [0.2, 0.25) is 0 Å². The summed E-state index contributed by atoms with van der Waals surface area (Å²) in [5.41, 5.74) is 1.93. The number of hydrogen-bond donors (Lipinski definition) is 0. The molecular formula is C21H21NO3. The normalized spacial score (nSPS) is 12.2. The smallest absolute Gasteiger partial charge is 0.314 e. The van der Waals surface area contributed by atoms with Crippen molar-refractivity contribution < 1.29 is 14.3 Å². The molecule has 0 N–H and O–H groups in total. The second-order valence-corrected chi connectivity index (χ2v) is 6.35. The van der Waals surface area contributed by atoms with Crippen LogP contribution in [-0.2, 0) is 4.79 Å². The summed E-state index contributed by atoms with van der Waals surface area (Å²) < 4.78 is 5.51. The van der Waals surface area contributed by atoms with Crippen molar-refractivity contribution in [2.75, 3.05) is 0 Å². The van der Waals surface area contributed by atoms with Crippen molar-refractivity contribution >= 4 is 34.1 Å². The Hall–Kier alpha value is -2.75. The number of ether oxygens (including phenoxy) is 1. The highest BCUT2D eigenvalue weighted by molar-refractivity contribution is 5.97. The van der Waals surface area contributed by atoms with Crippen molar-refractivity contribution in [3.05, 3.63) is 48.0 Å². The van der Waals surface area contributed by atoms with Gasteiger partial charge in [-0.1, -0.05) is 44.9 Å². The number of aromatic nitrogens is 1. The molecule has 0 aliphatic heterocycles. The molecule has 4 nitrogen and oxygen atoms in total. The maximum atomic E-state index is 12.3. The SMILES string of the molecule is CCCCC(C)C(=O)Oc1cc2nc3ccccc3cc2cc1C=O. The summed E-state index contributed by atoms with van der Waals surface area (Å²) in [7, 11) is 0. The van der Waals surface area contributed by atoms with Gasteiger partial charge in [0.15, 0.2) is 6.29 Å². The molecule has 0 aliphatic carbocycles. The zero-order valence-corrected chi connectivity index (χ0v) is 14.5. The summed E-state index contributed by atoms with van der Waals surface area (Å²) >= 11 is 0. The van der Waals surface area contributed by atoms with Crippen LogP contribution in [0.25, 0.3) is 21.8 Å². The number of unbranched alkanes of at least 4 members (excludes halogenated alkanes) is 1. The maximum absolute atomic E-state index is 12.3. The highest BCUT2D eigenvalue weighted by atomic mass is 16.5. The first-order chi connectivity index (χ1) is 12.1. The van der Waals surface area contributed by atoms with Gasteiger partial charge in [0.2, 0.25) is 0 Å². The number of carbonyl (C=O) groups excluding carboxylic acids is 2. The number of fused-ring (bicyclic) bond motifs is 2. The number of aldehydes is 1. The number of hydrogen-bond acceptors (Lipinski definition) is 4. The number of nitrogens with zero attached hydrogens (tertiary/aromatic N) is 1. The first-order valence-electron chi connectivity index (χ1n) is 8.62. The molecule has 1 unspecified atom stereocenters. The Bertz CT molecular complexity index is 933. The molecule has 128 valence electrons. The fraction of sp³-hybridized carbons (Fsp3) is 0.286. The quantitative estimate of drug-likeness (QED) is 0.277. The van der Waals surface area contributed by atoms with E-state index < -0.39 is 0 Å². The molecular weight excluding hydrogens is 314 g/mol. The highest BCUT2D eigenvalue weighted by Gasteiger charge is 2.17. The monoisotopic (exact) mass is 335 g/mol. The molecule has 0 saturated carbocycles. The van der Waals surface area contributed by atoms with E-state index in [1.54, 1.807) is 12.1 Å². The number of carbonyl (C=O) groups is 2. The summed E-state index contributed by atoms with van der Waals surface area (Å²) in [5, 5.41) is 1.85. The third kappa shape index (κ3) is 3.68. The largest absolute Gasteiger partial charge is 0.425 e. The molecule has 0 spiro atoms. The molecule has 1 heterocycles. The van der Waals surface area contributed by atoms with Gasteiger partial charge in [0.1, 0.15) is 5.75 Å². The van der Waals surface area contributed by atoms with Gasteiger partial charge in [0.05, 0.1) is 22.5 Å². The molecule has 0 saturated heterocycles. The van der Waals surface area contributed by atoms with Crippen LogP contribution >= 0.6 is 0 Å². The molecule has 3 aromatic rings. The van der Waals surface area contributed by atoms with Crippen LogP contribution in [0.15, 0.2) is 42.5 Å². The van der Waals surface area contributed by atoms with Crippen LogP contribution < -0.4 is 4.74 Å². The van der Waals surface area contributed by atoms with Crippen LogP contribution in [0.1, 0.15) is 43.5 Å². The molecule has 3 rings (SSSR count). The fourth-order valence-electron chi connectivity index (χ4n) is 2.84. The van der Waals surface area contributed by atoms with Gasteiger partial charge in [-0.2, -0.15) is 0 Å². The zero-order chi connectivity index (χ0) is 17.8. The van der Waals surface area contributed by atoms with E-state index in [9.17, 15) is 9.59 Å². The molecule has 0 bridgehead atoms. The predicted molar refractivity (Wildman–Crippen MR) is 99.0 cm³/mol. The molecule has 0 radical (unpaired) electrons. The summed E-state index contributed by atoms with van der Waals surface area (Å²) in [6.45, 7) is 3.94. The van der Waals surface area contributed by atoms with Gasteiger partial charge in [-0.3, -0.25) is 9.59 Å². The summed E-state index contributed by atoms with van der Waals surface area (Å²) in [6, 6.07) is 13.2. The molecule has 0 amide bonds. The number of rotatable bonds is 6. The van der Waals surface area contributed by atoms with E-state index in [1.165, 1.54) is 0 Å². The molecule has 0 fully saturated rings. The number of para-hydroxylation sites is 1. The zero-order valence-electron chi connectivity index (χ0n) is 14.5.